The highest BCUT2D eigenvalue weighted by Crippen LogP contribution is 2.34. The Morgan fingerprint density at radius 1 is 1.33 bits per heavy atom. The van der Waals surface area contributed by atoms with E-state index in [4.69, 9.17) is 5.73 Å². The largest absolute Gasteiger partial charge is 0.418 e. The maximum Gasteiger partial charge on any atom is 0.418 e. The number of amides is 1. The number of alkyl halides is 3. The maximum absolute atomic E-state index is 12.8. The minimum atomic E-state index is -4.58. The molecule has 112 valence electrons. The Morgan fingerprint density at radius 2 is 2.05 bits per heavy atom. The van der Waals surface area contributed by atoms with E-state index >= 15 is 0 Å². The highest BCUT2D eigenvalue weighted by Gasteiger charge is 2.33. The molecule has 0 saturated heterocycles. The molecular weight excluding hydrogens is 301 g/mol. The fourth-order valence-corrected chi connectivity index (χ4v) is 2.54. The minimum absolute atomic E-state index is 0.0331. The molecule has 2 aromatic rings. The van der Waals surface area contributed by atoms with Crippen molar-refractivity contribution in [2.24, 2.45) is 0 Å². The summed E-state index contributed by atoms with van der Waals surface area (Å²) >= 11 is 1.49. The Labute approximate surface area is 123 Å². The van der Waals surface area contributed by atoms with Gasteiger partial charge in [0.2, 0.25) is 0 Å². The van der Waals surface area contributed by atoms with Crippen LogP contribution in [0.4, 0.5) is 18.9 Å². The highest BCUT2D eigenvalue weighted by molar-refractivity contribution is 7.07. The fraction of sp³-hybridized carbons (Fsp3) is 0.214. The second-order valence-corrected chi connectivity index (χ2v) is 5.37. The van der Waals surface area contributed by atoms with E-state index in [1.54, 1.807) is 7.05 Å². The first kappa shape index (κ1) is 15.4. The van der Waals surface area contributed by atoms with E-state index < -0.39 is 17.6 Å². The molecule has 1 amide bonds. The van der Waals surface area contributed by atoms with Gasteiger partial charge in [-0.15, -0.1) is 0 Å². The van der Waals surface area contributed by atoms with Crippen LogP contribution in [0.5, 0.6) is 0 Å². The van der Waals surface area contributed by atoms with Gasteiger partial charge in [-0.25, -0.2) is 0 Å². The average molecular weight is 314 g/mol. The summed E-state index contributed by atoms with van der Waals surface area (Å²) in [6, 6.07) is 5.06. The van der Waals surface area contributed by atoms with Gasteiger partial charge in [0.1, 0.15) is 0 Å². The van der Waals surface area contributed by atoms with Crippen molar-refractivity contribution in [3.63, 3.8) is 0 Å². The Balaban J connectivity index is 2.23. The number of nitrogens with two attached hydrogens (primary N) is 1. The molecule has 0 radical (unpaired) electrons. The quantitative estimate of drug-likeness (QED) is 0.880. The minimum Gasteiger partial charge on any atom is -0.398 e. The lowest BCUT2D eigenvalue weighted by molar-refractivity contribution is -0.136. The number of halogens is 3. The second kappa shape index (κ2) is 5.77. The van der Waals surface area contributed by atoms with Crippen molar-refractivity contribution >= 4 is 22.9 Å². The van der Waals surface area contributed by atoms with Crippen LogP contribution in [0.25, 0.3) is 0 Å². The standard InChI is InChI=1S/C14H13F3N2OS/c1-19(7-9-4-5-21-8-9)13(20)10-2-3-12(18)11(6-10)14(15,16)17/h2-6,8H,7,18H2,1H3. The van der Waals surface area contributed by atoms with Crippen molar-refractivity contribution in [2.75, 3.05) is 12.8 Å². The Hall–Kier alpha value is -2.02. The zero-order chi connectivity index (χ0) is 15.6. The van der Waals surface area contributed by atoms with Gasteiger partial charge >= 0.3 is 6.18 Å². The molecular formula is C14H13F3N2OS. The van der Waals surface area contributed by atoms with E-state index in [0.717, 1.165) is 17.7 Å². The maximum atomic E-state index is 12.8. The van der Waals surface area contributed by atoms with Crippen molar-refractivity contribution in [1.29, 1.82) is 0 Å². The van der Waals surface area contributed by atoms with Crippen LogP contribution < -0.4 is 5.73 Å². The van der Waals surface area contributed by atoms with Gasteiger partial charge in [0.25, 0.3) is 5.91 Å². The van der Waals surface area contributed by atoms with Gasteiger partial charge in [0, 0.05) is 24.8 Å². The predicted molar refractivity (Wildman–Crippen MR) is 76.0 cm³/mol. The molecule has 0 spiro atoms. The van der Waals surface area contributed by atoms with Crippen molar-refractivity contribution in [1.82, 2.24) is 4.90 Å². The smallest absolute Gasteiger partial charge is 0.398 e. The zero-order valence-electron chi connectivity index (χ0n) is 11.1. The van der Waals surface area contributed by atoms with Crippen LogP contribution in [0.3, 0.4) is 0 Å². The number of benzene rings is 1. The summed E-state index contributed by atoms with van der Waals surface area (Å²) in [6.07, 6.45) is -4.58. The molecule has 1 aromatic heterocycles. The van der Waals surface area contributed by atoms with Gasteiger partial charge in [0.05, 0.1) is 5.56 Å². The number of hydrogen-bond acceptors (Lipinski definition) is 3. The topological polar surface area (TPSA) is 46.3 Å². The SMILES string of the molecule is CN(Cc1ccsc1)C(=O)c1ccc(N)c(C(F)(F)F)c1. The molecule has 2 rings (SSSR count). The third-order valence-electron chi connectivity index (χ3n) is 2.95. The first-order valence-corrected chi connectivity index (χ1v) is 6.96. The van der Waals surface area contributed by atoms with Crippen molar-refractivity contribution in [3.05, 3.63) is 51.7 Å². The lowest BCUT2D eigenvalue weighted by atomic mass is 10.1. The molecule has 0 saturated carbocycles. The average Bonchev–Trinajstić information content (AvgIpc) is 2.90. The highest BCUT2D eigenvalue weighted by atomic mass is 32.1. The number of rotatable bonds is 3. The summed E-state index contributed by atoms with van der Waals surface area (Å²) in [4.78, 5) is 13.6. The van der Waals surface area contributed by atoms with Crippen LogP contribution in [-0.4, -0.2) is 17.9 Å². The van der Waals surface area contributed by atoms with Crippen LogP contribution in [0.1, 0.15) is 21.5 Å². The Morgan fingerprint density at radius 3 is 2.62 bits per heavy atom. The molecule has 0 aliphatic heterocycles. The number of nitrogen functional groups attached to an aromatic ring is 1. The van der Waals surface area contributed by atoms with Gasteiger partial charge in [-0.3, -0.25) is 4.79 Å². The van der Waals surface area contributed by atoms with Crippen LogP contribution in [0.2, 0.25) is 0 Å². The summed E-state index contributed by atoms with van der Waals surface area (Å²) in [5, 5.41) is 3.76. The molecule has 0 fully saturated rings. The number of carbonyl (C=O) groups excluding carboxylic acids is 1. The number of thiophene rings is 1. The second-order valence-electron chi connectivity index (χ2n) is 4.59. The van der Waals surface area contributed by atoms with Gasteiger partial charge in [-0.05, 0) is 40.6 Å². The number of carbonyl (C=O) groups is 1. The van der Waals surface area contributed by atoms with Crippen LogP contribution in [0.15, 0.2) is 35.0 Å². The van der Waals surface area contributed by atoms with Crippen LogP contribution in [-0.2, 0) is 12.7 Å². The zero-order valence-corrected chi connectivity index (χ0v) is 12.0. The van der Waals surface area contributed by atoms with E-state index in [1.165, 1.54) is 22.3 Å². The van der Waals surface area contributed by atoms with Gasteiger partial charge in [-0.2, -0.15) is 24.5 Å². The molecule has 0 unspecified atom stereocenters. The van der Waals surface area contributed by atoms with Crippen LogP contribution in [0, 0.1) is 0 Å². The molecule has 0 aliphatic carbocycles. The molecule has 1 heterocycles. The van der Waals surface area contributed by atoms with E-state index in [0.29, 0.717) is 6.54 Å². The number of anilines is 1. The molecule has 0 aliphatic rings. The van der Waals surface area contributed by atoms with Gasteiger partial charge in [-0.1, -0.05) is 0 Å². The van der Waals surface area contributed by atoms with Crippen molar-refractivity contribution < 1.29 is 18.0 Å². The lowest BCUT2D eigenvalue weighted by Gasteiger charge is -2.18. The summed E-state index contributed by atoms with van der Waals surface area (Å²) in [7, 11) is 1.55. The summed E-state index contributed by atoms with van der Waals surface area (Å²) in [5.41, 5.74) is 4.84. The van der Waals surface area contributed by atoms with E-state index in [9.17, 15) is 18.0 Å². The van der Waals surface area contributed by atoms with E-state index in [2.05, 4.69) is 0 Å². The summed E-state index contributed by atoms with van der Waals surface area (Å²) in [5.74, 6) is -0.480. The molecule has 3 nitrogen and oxygen atoms in total. The van der Waals surface area contributed by atoms with Gasteiger partial charge < -0.3 is 10.6 Å². The fourth-order valence-electron chi connectivity index (χ4n) is 1.88. The first-order valence-electron chi connectivity index (χ1n) is 6.02. The van der Waals surface area contributed by atoms with E-state index in [1.807, 2.05) is 16.8 Å². The normalized spacial score (nSPS) is 11.4. The molecule has 21 heavy (non-hydrogen) atoms. The van der Waals surface area contributed by atoms with Crippen molar-refractivity contribution in [2.45, 2.75) is 12.7 Å². The molecule has 7 heteroatoms. The molecule has 1 aromatic carbocycles. The monoisotopic (exact) mass is 314 g/mol. The summed E-state index contributed by atoms with van der Waals surface area (Å²) < 4.78 is 38.4. The molecule has 0 atom stereocenters. The van der Waals surface area contributed by atoms with Gasteiger partial charge in [0.15, 0.2) is 0 Å². The predicted octanol–water partition coefficient (Wildman–Crippen LogP) is 3.62. The Kier molecular flexibility index (Phi) is 4.22. The molecule has 0 bridgehead atoms. The summed E-state index contributed by atoms with van der Waals surface area (Å²) in [6.45, 7) is 0.341. The number of nitrogens with zero attached hydrogens (tertiary/aromatic N) is 1. The van der Waals surface area contributed by atoms with E-state index in [-0.39, 0.29) is 11.3 Å². The lowest BCUT2D eigenvalue weighted by Crippen LogP contribution is -2.26. The van der Waals surface area contributed by atoms with Crippen molar-refractivity contribution in [3.8, 4) is 0 Å². The Bertz CT molecular complexity index is 638. The molecule has 2 N–H and O–H groups in total. The third kappa shape index (κ3) is 3.55. The van der Waals surface area contributed by atoms with Crippen LogP contribution >= 0.6 is 11.3 Å². The number of hydrogen-bond donors (Lipinski definition) is 1. The third-order valence-corrected chi connectivity index (χ3v) is 3.68. The first-order chi connectivity index (χ1) is 9.79.